The van der Waals surface area contributed by atoms with Gasteiger partial charge in [-0.15, -0.1) is 0 Å². The van der Waals surface area contributed by atoms with Gasteiger partial charge in [0, 0.05) is 43.9 Å². The zero-order valence-corrected chi connectivity index (χ0v) is 20.1. The van der Waals surface area contributed by atoms with Gasteiger partial charge in [0.05, 0.1) is 36.4 Å². The third-order valence-corrected chi connectivity index (χ3v) is 6.32. The number of morpholine rings is 1. The Kier molecular flexibility index (Phi) is 7.97. The van der Waals surface area contributed by atoms with Gasteiger partial charge >= 0.3 is 0 Å². The van der Waals surface area contributed by atoms with Gasteiger partial charge in [0.25, 0.3) is 17.4 Å². The first-order valence-corrected chi connectivity index (χ1v) is 12.0. The fourth-order valence-electron chi connectivity index (χ4n) is 4.39. The molecule has 36 heavy (non-hydrogen) atoms. The van der Waals surface area contributed by atoms with Crippen LogP contribution in [0.4, 0.5) is 5.69 Å². The number of rotatable bonds is 9. The average molecular weight is 496 g/mol. The van der Waals surface area contributed by atoms with Crippen LogP contribution >= 0.6 is 0 Å². The Morgan fingerprint density at radius 1 is 1.08 bits per heavy atom. The van der Waals surface area contributed by atoms with Gasteiger partial charge in [-0.25, -0.2) is 0 Å². The predicted molar refractivity (Wildman–Crippen MR) is 132 cm³/mol. The SMILES string of the molecule is CCCOc1ccc(/C(O)=C2\C(=O)C(=O)N(CCN3CCOCC3)[C@@H]2c2ccc([N+](=O)[O-])cc2)cc1. The number of hydrogen-bond acceptors (Lipinski definition) is 8. The van der Waals surface area contributed by atoms with Crippen molar-refractivity contribution in [3.8, 4) is 5.75 Å². The van der Waals surface area contributed by atoms with Crippen molar-refractivity contribution >= 4 is 23.1 Å². The lowest BCUT2D eigenvalue weighted by Crippen LogP contribution is -2.42. The van der Waals surface area contributed by atoms with Gasteiger partial charge in [-0.05, 0) is 48.4 Å². The number of nitrogens with zero attached hydrogens (tertiary/aromatic N) is 3. The highest BCUT2D eigenvalue weighted by Crippen LogP contribution is 2.39. The summed E-state index contributed by atoms with van der Waals surface area (Å²) in [4.78, 5) is 40.5. The molecule has 10 nitrogen and oxygen atoms in total. The smallest absolute Gasteiger partial charge is 0.295 e. The van der Waals surface area contributed by atoms with Crippen LogP contribution in [0, 0.1) is 10.1 Å². The van der Waals surface area contributed by atoms with E-state index in [-0.39, 0.29) is 23.6 Å². The molecule has 4 rings (SSSR count). The lowest BCUT2D eigenvalue weighted by molar-refractivity contribution is -0.384. The quantitative estimate of drug-likeness (QED) is 0.185. The van der Waals surface area contributed by atoms with E-state index in [0.29, 0.717) is 43.2 Å². The van der Waals surface area contributed by atoms with Crippen molar-refractivity contribution in [2.75, 3.05) is 46.0 Å². The molecule has 2 aromatic rings. The van der Waals surface area contributed by atoms with Crippen LogP contribution in [0.15, 0.2) is 54.1 Å². The van der Waals surface area contributed by atoms with Gasteiger partial charge in [-0.1, -0.05) is 6.92 Å². The molecule has 0 unspecified atom stereocenters. The number of aliphatic hydroxyl groups excluding tert-OH is 1. The Morgan fingerprint density at radius 3 is 2.36 bits per heavy atom. The molecule has 0 aromatic heterocycles. The molecule has 10 heteroatoms. The van der Waals surface area contributed by atoms with Crippen molar-refractivity contribution < 1.29 is 29.1 Å². The summed E-state index contributed by atoms with van der Waals surface area (Å²) in [7, 11) is 0. The zero-order chi connectivity index (χ0) is 25.7. The number of carbonyl (C=O) groups excluding carboxylic acids is 2. The van der Waals surface area contributed by atoms with Gasteiger partial charge in [-0.3, -0.25) is 24.6 Å². The molecule has 2 fully saturated rings. The first-order valence-electron chi connectivity index (χ1n) is 12.0. The van der Waals surface area contributed by atoms with Crippen LogP contribution in [-0.4, -0.2) is 77.5 Å². The number of likely N-dealkylation sites (tertiary alicyclic amines) is 1. The first-order chi connectivity index (χ1) is 17.4. The Hall–Kier alpha value is -3.76. The maximum atomic E-state index is 13.2. The highest BCUT2D eigenvalue weighted by atomic mass is 16.6. The van der Waals surface area contributed by atoms with Crippen LogP contribution in [0.1, 0.15) is 30.5 Å². The second-order valence-corrected chi connectivity index (χ2v) is 8.67. The van der Waals surface area contributed by atoms with Crippen LogP contribution < -0.4 is 4.74 Å². The number of carbonyl (C=O) groups is 2. The van der Waals surface area contributed by atoms with Crippen molar-refractivity contribution in [3.05, 3.63) is 75.3 Å². The fourth-order valence-corrected chi connectivity index (χ4v) is 4.39. The van der Waals surface area contributed by atoms with Crippen molar-refractivity contribution in [2.45, 2.75) is 19.4 Å². The number of nitro benzene ring substituents is 1. The number of ketones is 1. The third-order valence-electron chi connectivity index (χ3n) is 6.32. The maximum absolute atomic E-state index is 13.2. The second-order valence-electron chi connectivity index (χ2n) is 8.67. The summed E-state index contributed by atoms with van der Waals surface area (Å²) >= 11 is 0. The minimum Gasteiger partial charge on any atom is -0.507 e. The molecule has 2 aromatic carbocycles. The number of ether oxygens (including phenoxy) is 2. The number of hydrogen-bond donors (Lipinski definition) is 1. The van der Waals surface area contributed by atoms with Crippen LogP contribution in [0.5, 0.6) is 5.75 Å². The topological polar surface area (TPSA) is 122 Å². The van der Waals surface area contributed by atoms with Gasteiger partial charge in [-0.2, -0.15) is 0 Å². The standard InChI is InChI=1S/C26H29N3O7/c1-2-15-36-21-9-5-19(6-10-21)24(30)22-23(18-3-7-20(8-4-18)29(33)34)28(26(32)25(22)31)12-11-27-13-16-35-17-14-27/h3-10,23,30H,2,11-17H2,1H3/b24-22+/t23-/m1/s1. The molecular formula is C26H29N3O7. The number of Topliss-reactive ketones (excluding diaryl/α,β-unsaturated/α-hetero) is 1. The fraction of sp³-hybridized carbons (Fsp3) is 0.385. The number of benzene rings is 2. The van der Waals surface area contributed by atoms with Crippen molar-refractivity contribution in [1.82, 2.24) is 9.80 Å². The van der Waals surface area contributed by atoms with Crippen LogP contribution in [0.2, 0.25) is 0 Å². The predicted octanol–water partition coefficient (Wildman–Crippen LogP) is 3.14. The molecule has 1 amide bonds. The van der Waals surface area contributed by atoms with E-state index in [1.807, 2.05) is 6.92 Å². The first kappa shape index (κ1) is 25.3. The normalized spacial score (nSPS) is 20.0. The van der Waals surface area contributed by atoms with Gasteiger partial charge in [0.15, 0.2) is 0 Å². The minimum absolute atomic E-state index is 0.0435. The number of amides is 1. The highest BCUT2D eigenvalue weighted by molar-refractivity contribution is 6.46. The Balaban J connectivity index is 1.70. The zero-order valence-electron chi connectivity index (χ0n) is 20.1. The monoisotopic (exact) mass is 495 g/mol. The molecule has 0 saturated carbocycles. The van der Waals surface area contributed by atoms with E-state index in [1.165, 1.54) is 29.2 Å². The number of nitro groups is 1. The molecule has 2 saturated heterocycles. The van der Waals surface area contributed by atoms with Crippen LogP contribution in [0.25, 0.3) is 5.76 Å². The third kappa shape index (κ3) is 5.39. The summed E-state index contributed by atoms with van der Waals surface area (Å²) in [5.74, 6) is -1.17. The van der Waals surface area contributed by atoms with E-state index in [0.717, 1.165) is 19.5 Å². The molecule has 1 atom stereocenters. The summed E-state index contributed by atoms with van der Waals surface area (Å²) in [6, 6.07) is 11.5. The largest absolute Gasteiger partial charge is 0.507 e. The van der Waals surface area contributed by atoms with Crippen molar-refractivity contribution in [2.24, 2.45) is 0 Å². The van der Waals surface area contributed by atoms with Crippen molar-refractivity contribution in [3.63, 3.8) is 0 Å². The highest BCUT2D eigenvalue weighted by Gasteiger charge is 2.46. The van der Waals surface area contributed by atoms with Crippen molar-refractivity contribution in [1.29, 1.82) is 0 Å². The van der Waals surface area contributed by atoms with E-state index in [2.05, 4.69) is 4.90 Å². The van der Waals surface area contributed by atoms with E-state index < -0.39 is 22.7 Å². The molecule has 0 spiro atoms. The number of aliphatic hydroxyl groups is 1. The van der Waals surface area contributed by atoms with Crippen LogP contribution in [-0.2, 0) is 14.3 Å². The molecule has 1 N–H and O–H groups in total. The summed E-state index contributed by atoms with van der Waals surface area (Å²) in [6.45, 7) is 5.98. The van der Waals surface area contributed by atoms with E-state index in [1.54, 1.807) is 24.3 Å². The summed E-state index contributed by atoms with van der Waals surface area (Å²) in [5, 5.41) is 22.3. The maximum Gasteiger partial charge on any atom is 0.295 e. The molecule has 190 valence electrons. The summed E-state index contributed by atoms with van der Waals surface area (Å²) in [5.41, 5.74) is 0.730. The molecule has 0 radical (unpaired) electrons. The lowest BCUT2D eigenvalue weighted by atomic mass is 9.95. The van der Waals surface area contributed by atoms with Crippen LogP contribution in [0.3, 0.4) is 0 Å². The summed E-state index contributed by atoms with van der Waals surface area (Å²) < 4.78 is 11.0. The molecule has 0 bridgehead atoms. The molecule has 2 aliphatic rings. The molecule has 2 heterocycles. The van der Waals surface area contributed by atoms with E-state index in [9.17, 15) is 24.8 Å². The second kappa shape index (κ2) is 11.3. The van der Waals surface area contributed by atoms with Gasteiger partial charge < -0.3 is 19.5 Å². The minimum atomic E-state index is -0.872. The Morgan fingerprint density at radius 2 is 1.75 bits per heavy atom. The van der Waals surface area contributed by atoms with Gasteiger partial charge in [0.2, 0.25) is 0 Å². The van der Waals surface area contributed by atoms with Gasteiger partial charge in [0.1, 0.15) is 11.5 Å². The Labute approximate surface area is 208 Å². The average Bonchev–Trinajstić information content (AvgIpc) is 3.16. The summed E-state index contributed by atoms with van der Waals surface area (Å²) in [6.07, 6.45) is 0.852. The van der Waals surface area contributed by atoms with E-state index in [4.69, 9.17) is 9.47 Å². The molecule has 2 aliphatic heterocycles. The van der Waals surface area contributed by atoms with E-state index >= 15 is 0 Å². The lowest BCUT2D eigenvalue weighted by Gasteiger charge is -2.31. The molecular weight excluding hydrogens is 466 g/mol. The number of non-ortho nitro benzene ring substituents is 1. The molecule has 0 aliphatic carbocycles. The Bertz CT molecular complexity index is 1140.